The van der Waals surface area contributed by atoms with Crippen molar-refractivity contribution >= 4 is 0 Å². The highest BCUT2D eigenvalue weighted by molar-refractivity contribution is 4.89. The summed E-state index contributed by atoms with van der Waals surface area (Å²) in [7, 11) is 0. The Labute approximate surface area is 118 Å². The maximum atomic E-state index is 10.4. The van der Waals surface area contributed by atoms with Gasteiger partial charge in [-0.15, -0.1) is 0 Å². The van der Waals surface area contributed by atoms with Crippen LogP contribution in [0, 0.1) is 5.92 Å². The van der Waals surface area contributed by atoms with Crippen LogP contribution in [-0.2, 0) is 0 Å². The van der Waals surface area contributed by atoms with Crippen LogP contribution in [-0.4, -0.2) is 34.7 Å². The van der Waals surface area contributed by atoms with Gasteiger partial charge in [0.1, 0.15) is 0 Å². The minimum Gasteiger partial charge on any atom is -0.392 e. The highest BCUT2D eigenvalue weighted by Gasteiger charge is 2.35. The van der Waals surface area contributed by atoms with Crippen LogP contribution in [0.3, 0.4) is 0 Å². The molecule has 1 unspecified atom stereocenters. The molecule has 0 heterocycles. The fourth-order valence-corrected chi connectivity index (χ4v) is 4.27. The van der Waals surface area contributed by atoms with Crippen LogP contribution < -0.4 is 0 Å². The summed E-state index contributed by atoms with van der Waals surface area (Å²) >= 11 is 0. The molecular formula is C17H31NO. The lowest BCUT2D eigenvalue weighted by Crippen LogP contribution is -2.48. The summed E-state index contributed by atoms with van der Waals surface area (Å²) in [6, 6.07) is 1.57. The van der Waals surface area contributed by atoms with Crippen molar-refractivity contribution in [1.29, 1.82) is 0 Å². The molecule has 0 amide bonds. The molecule has 0 saturated heterocycles. The van der Waals surface area contributed by atoms with Crippen molar-refractivity contribution in [2.45, 2.75) is 95.2 Å². The number of nitrogens with zero attached hydrogens (tertiary/aromatic N) is 1. The second-order valence-electron chi connectivity index (χ2n) is 7.19. The van der Waals surface area contributed by atoms with E-state index in [0.717, 1.165) is 18.6 Å². The highest BCUT2D eigenvalue weighted by atomic mass is 16.3. The molecule has 3 rings (SSSR count). The Hall–Kier alpha value is -0.0800. The van der Waals surface area contributed by atoms with Crippen molar-refractivity contribution in [2.24, 2.45) is 5.92 Å². The zero-order valence-electron chi connectivity index (χ0n) is 12.4. The van der Waals surface area contributed by atoms with Crippen LogP contribution in [0.4, 0.5) is 0 Å². The molecule has 0 aromatic heterocycles. The summed E-state index contributed by atoms with van der Waals surface area (Å²) in [5.74, 6) is 0.634. The quantitative estimate of drug-likeness (QED) is 0.819. The molecule has 1 N–H and O–H groups in total. The van der Waals surface area contributed by atoms with E-state index in [2.05, 4.69) is 4.90 Å². The fraction of sp³-hybridized carbons (Fsp3) is 1.00. The van der Waals surface area contributed by atoms with Gasteiger partial charge in [-0.2, -0.15) is 0 Å². The standard InChI is InChI=1S/C17H31NO/c19-17(14-11-12-14)13-18(15-7-3-1-4-8-15)16-9-5-2-6-10-16/h14-17,19H,1-13H2. The van der Waals surface area contributed by atoms with Crippen LogP contribution in [0.2, 0.25) is 0 Å². The molecule has 2 heteroatoms. The largest absolute Gasteiger partial charge is 0.392 e. The molecule has 0 aromatic carbocycles. The number of hydrogen-bond acceptors (Lipinski definition) is 2. The van der Waals surface area contributed by atoms with Gasteiger partial charge in [0, 0.05) is 18.6 Å². The number of aliphatic hydroxyl groups is 1. The molecule has 3 fully saturated rings. The van der Waals surface area contributed by atoms with E-state index in [-0.39, 0.29) is 6.10 Å². The van der Waals surface area contributed by atoms with Gasteiger partial charge in [0.05, 0.1) is 6.10 Å². The molecule has 0 bridgehead atoms. The summed E-state index contributed by atoms with van der Waals surface area (Å²) in [5, 5.41) is 10.4. The van der Waals surface area contributed by atoms with Gasteiger partial charge in [0.2, 0.25) is 0 Å². The number of hydrogen-bond donors (Lipinski definition) is 1. The molecule has 0 aromatic rings. The smallest absolute Gasteiger partial charge is 0.0695 e. The van der Waals surface area contributed by atoms with Crippen LogP contribution in [0.1, 0.15) is 77.0 Å². The van der Waals surface area contributed by atoms with Gasteiger partial charge in [0.25, 0.3) is 0 Å². The Balaban J connectivity index is 1.61. The molecule has 1 atom stereocenters. The normalized spacial score (nSPS) is 28.7. The number of rotatable bonds is 5. The predicted octanol–water partition coefficient (Wildman–Crippen LogP) is 3.72. The number of aliphatic hydroxyl groups excluding tert-OH is 1. The van der Waals surface area contributed by atoms with E-state index in [9.17, 15) is 5.11 Å². The Bertz CT molecular complexity index is 246. The average Bonchev–Trinajstić information content (AvgIpc) is 3.31. The van der Waals surface area contributed by atoms with Crippen molar-refractivity contribution in [3.63, 3.8) is 0 Å². The second-order valence-corrected chi connectivity index (χ2v) is 7.19. The lowest BCUT2D eigenvalue weighted by atomic mass is 9.88. The molecule has 3 aliphatic carbocycles. The minimum atomic E-state index is -0.0381. The molecule has 3 saturated carbocycles. The van der Waals surface area contributed by atoms with E-state index in [1.807, 2.05) is 0 Å². The summed E-state index contributed by atoms with van der Waals surface area (Å²) in [5.41, 5.74) is 0. The van der Waals surface area contributed by atoms with Gasteiger partial charge >= 0.3 is 0 Å². The molecule has 3 aliphatic rings. The van der Waals surface area contributed by atoms with E-state index in [4.69, 9.17) is 0 Å². The van der Waals surface area contributed by atoms with E-state index in [0.29, 0.717) is 5.92 Å². The van der Waals surface area contributed by atoms with Crippen molar-refractivity contribution in [3.05, 3.63) is 0 Å². The van der Waals surface area contributed by atoms with E-state index < -0.39 is 0 Å². The first kappa shape index (κ1) is 13.9. The van der Waals surface area contributed by atoms with Crippen LogP contribution >= 0.6 is 0 Å². The fourth-order valence-electron chi connectivity index (χ4n) is 4.27. The third kappa shape index (κ3) is 3.72. The Morgan fingerprint density at radius 3 is 1.63 bits per heavy atom. The van der Waals surface area contributed by atoms with Gasteiger partial charge in [-0.3, -0.25) is 4.90 Å². The van der Waals surface area contributed by atoms with Crippen LogP contribution in [0.25, 0.3) is 0 Å². The minimum absolute atomic E-state index is 0.0381. The van der Waals surface area contributed by atoms with Crippen LogP contribution in [0.15, 0.2) is 0 Å². The topological polar surface area (TPSA) is 23.5 Å². The predicted molar refractivity (Wildman–Crippen MR) is 79.2 cm³/mol. The van der Waals surface area contributed by atoms with E-state index >= 15 is 0 Å². The lowest BCUT2D eigenvalue weighted by Gasteiger charge is -2.42. The van der Waals surface area contributed by atoms with Crippen molar-refractivity contribution in [1.82, 2.24) is 4.90 Å². The molecule has 19 heavy (non-hydrogen) atoms. The summed E-state index contributed by atoms with van der Waals surface area (Å²) in [6.45, 7) is 0.972. The van der Waals surface area contributed by atoms with Gasteiger partial charge in [-0.25, -0.2) is 0 Å². The summed E-state index contributed by atoms with van der Waals surface area (Å²) in [4.78, 5) is 2.75. The van der Waals surface area contributed by atoms with Gasteiger partial charge in [0.15, 0.2) is 0 Å². The average molecular weight is 265 g/mol. The van der Waals surface area contributed by atoms with Crippen molar-refractivity contribution in [2.75, 3.05) is 6.54 Å². The summed E-state index contributed by atoms with van der Waals surface area (Å²) in [6.07, 6.45) is 16.5. The Morgan fingerprint density at radius 1 is 0.737 bits per heavy atom. The lowest BCUT2D eigenvalue weighted by molar-refractivity contribution is 0.0215. The van der Waals surface area contributed by atoms with Crippen molar-refractivity contribution < 1.29 is 5.11 Å². The maximum Gasteiger partial charge on any atom is 0.0695 e. The molecular weight excluding hydrogens is 234 g/mol. The van der Waals surface area contributed by atoms with Gasteiger partial charge in [-0.05, 0) is 44.4 Å². The molecule has 0 aliphatic heterocycles. The molecule has 0 radical (unpaired) electrons. The second kappa shape index (κ2) is 6.58. The van der Waals surface area contributed by atoms with E-state index in [1.165, 1.54) is 77.0 Å². The first-order valence-electron chi connectivity index (χ1n) is 8.78. The van der Waals surface area contributed by atoms with Gasteiger partial charge in [-0.1, -0.05) is 38.5 Å². The van der Waals surface area contributed by atoms with Crippen molar-refractivity contribution in [3.8, 4) is 0 Å². The zero-order valence-corrected chi connectivity index (χ0v) is 12.4. The maximum absolute atomic E-state index is 10.4. The zero-order chi connectivity index (χ0) is 13.1. The highest BCUT2D eigenvalue weighted by Crippen LogP contribution is 2.36. The molecule has 0 spiro atoms. The van der Waals surface area contributed by atoms with E-state index in [1.54, 1.807) is 0 Å². The first-order valence-corrected chi connectivity index (χ1v) is 8.78. The monoisotopic (exact) mass is 265 g/mol. The first-order chi connectivity index (χ1) is 9.34. The third-order valence-electron chi connectivity index (χ3n) is 5.65. The Morgan fingerprint density at radius 2 is 1.21 bits per heavy atom. The third-order valence-corrected chi connectivity index (χ3v) is 5.65. The Kier molecular flexibility index (Phi) is 4.81. The molecule has 110 valence electrons. The SMILES string of the molecule is OC(CN(C1CCCCC1)C1CCCCC1)C1CC1. The molecule has 2 nitrogen and oxygen atoms in total. The summed E-state index contributed by atoms with van der Waals surface area (Å²) < 4.78 is 0. The van der Waals surface area contributed by atoms with Crippen LogP contribution in [0.5, 0.6) is 0 Å². The van der Waals surface area contributed by atoms with Gasteiger partial charge < -0.3 is 5.11 Å².